The van der Waals surface area contributed by atoms with Crippen LogP contribution < -0.4 is 4.74 Å². The van der Waals surface area contributed by atoms with Crippen molar-refractivity contribution in [1.82, 2.24) is 9.97 Å². The van der Waals surface area contributed by atoms with Gasteiger partial charge in [0.25, 0.3) is 0 Å². The van der Waals surface area contributed by atoms with Gasteiger partial charge in [-0.2, -0.15) is 0 Å². The van der Waals surface area contributed by atoms with Crippen LogP contribution in [0.15, 0.2) is 30.6 Å². The molecule has 0 bridgehead atoms. The highest BCUT2D eigenvalue weighted by molar-refractivity contribution is 5.56. The minimum Gasteiger partial charge on any atom is -0.490 e. The van der Waals surface area contributed by atoms with Crippen LogP contribution in [0, 0.1) is 5.82 Å². The molecule has 5 heteroatoms. The van der Waals surface area contributed by atoms with E-state index in [0.29, 0.717) is 11.4 Å². The lowest BCUT2D eigenvalue weighted by Crippen LogP contribution is -2.05. The molecule has 136 valence electrons. The van der Waals surface area contributed by atoms with Gasteiger partial charge in [0, 0.05) is 24.4 Å². The van der Waals surface area contributed by atoms with Crippen LogP contribution in [0.25, 0.3) is 11.4 Å². The Labute approximate surface area is 148 Å². The number of hydrogen-bond acceptors (Lipinski definition) is 3. The fourth-order valence-corrected chi connectivity index (χ4v) is 2.48. The van der Waals surface area contributed by atoms with Crippen molar-refractivity contribution in [3.05, 3.63) is 42.0 Å². The standard InChI is InChI=1S/C20H26F2N2O/c1-3-4-5-6-7-16-13-23-20(24-14-16)17-8-9-19(18(22)12-17)25-11-10-15(2)21/h8-9,12-15H,3-7,10-11H2,1-2H3. The average molecular weight is 348 g/mol. The number of hydrogen-bond donors (Lipinski definition) is 0. The Kier molecular flexibility index (Phi) is 7.76. The van der Waals surface area contributed by atoms with E-state index in [0.717, 1.165) is 18.4 Å². The third-order valence-corrected chi connectivity index (χ3v) is 3.99. The molecule has 1 unspecified atom stereocenters. The maximum absolute atomic E-state index is 14.1. The first-order chi connectivity index (χ1) is 12.1. The van der Waals surface area contributed by atoms with Crippen LogP contribution in [0.2, 0.25) is 0 Å². The van der Waals surface area contributed by atoms with Crippen LogP contribution in [0.5, 0.6) is 5.75 Å². The lowest BCUT2D eigenvalue weighted by Gasteiger charge is -2.09. The summed E-state index contributed by atoms with van der Waals surface area (Å²) in [6, 6.07) is 4.60. The van der Waals surface area contributed by atoms with Crippen molar-refractivity contribution in [3.8, 4) is 17.1 Å². The van der Waals surface area contributed by atoms with Gasteiger partial charge in [-0.1, -0.05) is 26.2 Å². The number of nitrogens with zero attached hydrogens (tertiary/aromatic N) is 2. The van der Waals surface area contributed by atoms with Crippen molar-refractivity contribution in [1.29, 1.82) is 0 Å². The van der Waals surface area contributed by atoms with Gasteiger partial charge in [0.1, 0.15) is 6.17 Å². The molecule has 3 nitrogen and oxygen atoms in total. The number of aryl methyl sites for hydroxylation is 1. The average Bonchev–Trinajstić information content (AvgIpc) is 2.60. The Bertz CT molecular complexity index is 645. The molecule has 1 atom stereocenters. The van der Waals surface area contributed by atoms with E-state index in [2.05, 4.69) is 16.9 Å². The molecule has 0 fully saturated rings. The lowest BCUT2D eigenvalue weighted by molar-refractivity contribution is 0.240. The van der Waals surface area contributed by atoms with Crippen molar-refractivity contribution in [2.75, 3.05) is 6.61 Å². The monoisotopic (exact) mass is 348 g/mol. The second-order valence-corrected chi connectivity index (χ2v) is 6.29. The summed E-state index contributed by atoms with van der Waals surface area (Å²) >= 11 is 0. The van der Waals surface area contributed by atoms with E-state index in [1.165, 1.54) is 38.3 Å². The molecule has 1 heterocycles. The van der Waals surface area contributed by atoms with Gasteiger partial charge in [-0.15, -0.1) is 0 Å². The van der Waals surface area contributed by atoms with Crippen molar-refractivity contribution >= 4 is 0 Å². The van der Waals surface area contributed by atoms with Crippen molar-refractivity contribution in [2.24, 2.45) is 0 Å². The quantitative estimate of drug-likeness (QED) is 0.529. The Balaban J connectivity index is 1.95. The van der Waals surface area contributed by atoms with E-state index in [1.54, 1.807) is 18.5 Å². The molecule has 0 amide bonds. The SMILES string of the molecule is CCCCCCc1cnc(-c2ccc(OCCC(C)F)c(F)c2)nc1. The van der Waals surface area contributed by atoms with Crippen molar-refractivity contribution in [2.45, 2.75) is 58.5 Å². The molecule has 1 aromatic carbocycles. The lowest BCUT2D eigenvalue weighted by atomic mass is 10.1. The number of unbranched alkanes of at least 4 members (excludes halogenated alkanes) is 3. The number of aromatic nitrogens is 2. The summed E-state index contributed by atoms with van der Waals surface area (Å²) < 4.78 is 32.1. The fraction of sp³-hybridized carbons (Fsp3) is 0.500. The van der Waals surface area contributed by atoms with Crippen LogP contribution >= 0.6 is 0 Å². The third kappa shape index (κ3) is 6.40. The highest BCUT2D eigenvalue weighted by Gasteiger charge is 2.09. The van der Waals surface area contributed by atoms with E-state index in [9.17, 15) is 8.78 Å². The summed E-state index contributed by atoms with van der Waals surface area (Å²) in [6.45, 7) is 3.79. The summed E-state index contributed by atoms with van der Waals surface area (Å²) in [7, 11) is 0. The van der Waals surface area contributed by atoms with Gasteiger partial charge in [-0.05, 0) is 43.5 Å². The first kappa shape index (κ1) is 19.3. The minimum absolute atomic E-state index is 0.122. The maximum Gasteiger partial charge on any atom is 0.165 e. The first-order valence-corrected chi connectivity index (χ1v) is 8.98. The van der Waals surface area contributed by atoms with Gasteiger partial charge >= 0.3 is 0 Å². The maximum atomic E-state index is 14.1. The molecule has 0 aliphatic rings. The molecule has 2 aromatic rings. The molecule has 2 rings (SSSR count). The van der Waals surface area contributed by atoms with Gasteiger partial charge in [0.15, 0.2) is 17.4 Å². The number of rotatable bonds is 10. The van der Waals surface area contributed by atoms with Gasteiger partial charge in [0.2, 0.25) is 0 Å². The van der Waals surface area contributed by atoms with E-state index in [4.69, 9.17) is 4.74 Å². The molecule has 1 aromatic heterocycles. The van der Waals surface area contributed by atoms with Gasteiger partial charge in [-0.25, -0.2) is 18.7 Å². The molecule has 0 N–H and O–H groups in total. The molecule has 0 saturated heterocycles. The Morgan fingerprint density at radius 3 is 2.52 bits per heavy atom. The highest BCUT2D eigenvalue weighted by atomic mass is 19.1. The zero-order valence-corrected chi connectivity index (χ0v) is 15.0. The zero-order chi connectivity index (χ0) is 18.1. The van der Waals surface area contributed by atoms with Crippen LogP contribution in [0.3, 0.4) is 0 Å². The number of alkyl halides is 1. The topological polar surface area (TPSA) is 35.0 Å². The van der Waals surface area contributed by atoms with Crippen LogP contribution in [-0.4, -0.2) is 22.7 Å². The van der Waals surface area contributed by atoms with E-state index >= 15 is 0 Å². The predicted molar refractivity (Wildman–Crippen MR) is 96.0 cm³/mol. The predicted octanol–water partition coefficient (Wildman–Crippen LogP) is 5.53. The highest BCUT2D eigenvalue weighted by Crippen LogP contribution is 2.24. The van der Waals surface area contributed by atoms with Crippen LogP contribution in [0.4, 0.5) is 8.78 Å². The van der Waals surface area contributed by atoms with Crippen LogP contribution in [-0.2, 0) is 6.42 Å². The number of halogens is 2. The zero-order valence-electron chi connectivity index (χ0n) is 15.0. The minimum atomic E-state index is -0.962. The molecule has 25 heavy (non-hydrogen) atoms. The third-order valence-electron chi connectivity index (χ3n) is 3.99. The molecular formula is C20H26F2N2O. The molecule has 0 aliphatic carbocycles. The van der Waals surface area contributed by atoms with E-state index in [-0.39, 0.29) is 18.8 Å². The summed E-state index contributed by atoms with van der Waals surface area (Å²) in [5.41, 5.74) is 1.70. The summed E-state index contributed by atoms with van der Waals surface area (Å²) in [6.07, 6.45) is 8.67. The largest absolute Gasteiger partial charge is 0.490 e. The molecular weight excluding hydrogens is 322 g/mol. The van der Waals surface area contributed by atoms with Gasteiger partial charge in [0.05, 0.1) is 6.61 Å². The second kappa shape index (κ2) is 10.1. The first-order valence-electron chi connectivity index (χ1n) is 8.98. The smallest absolute Gasteiger partial charge is 0.165 e. The normalized spacial score (nSPS) is 12.2. The Morgan fingerprint density at radius 1 is 1.12 bits per heavy atom. The van der Waals surface area contributed by atoms with E-state index < -0.39 is 12.0 Å². The number of ether oxygens (including phenoxy) is 1. The summed E-state index contributed by atoms with van der Waals surface area (Å²) in [5.74, 6) is 0.119. The number of benzene rings is 1. The summed E-state index contributed by atoms with van der Waals surface area (Å²) in [5, 5.41) is 0. The van der Waals surface area contributed by atoms with Gasteiger partial charge in [-0.3, -0.25) is 0 Å². The summed E-state index contributed by atoms with van der Waals surface area (Å²) in [4.78, 5) is 8.67. The second-order valence-electron chi connectivity index (χ2n) is 6.29. The molecule has 0 radical (unpaired) electrons. The van der Waals surface area contributed by atoms with E-state index in [1.807, 2.05) is 0 Å². The van der Waals surface area contributed by atoms with Crippen molar-refractivity contribution < 1.29 is 13.5 Å². The van der Waals surface area contributed by atoms with Crippen LogP contribution in [0.1, 0.15) is 51.5 Å². The fourth-order valence-electron chi connectivity index (χ4n) is 2.48. The molecule has 0 spiro atoms. The molecule has 0 aliphatic heterocycles. The van der Waals surface area contributed by atoms with Gasteiger partial charge < -0.3 is 4.74 Å². The Hall–Kier alpha value is -2.04. The molecule has 0 saturated carbocycles. The van der Waals surface area contributed by atoms with Crippen molar-refractivity contribution in [3.63, 3.8) is 0 Å². The Morgan fingerprint density at radius 2 is 1.88 bits per heavy atom.